The molecule has 0 aromatic rings. The van der Waals surface area contributed by atoms with Gasteiger partial charge in [0.15, 0.2) is 6.17 Å². The van der Waals surface area contributed by atoms with Crippen LogP contribution in [0.25, 0.3) is 0 Å². The summed E-state index contributed by atoms with van der Waals surface area (Å²) < 4.78 is 35.3. The summed E-state index contributed by atoms with van der Waals surface area (Å²) in [4.78, 5) is 0. The number of hydrogen-bond donors (Lipinski definition) is 0. The average Bonchev–Trinajstić information content (AvgIpc) is 1.67. The molecule has 0 bridgehead atoms. The quantitative estimate of drug-likeness (QED) is 0.530. The van der Waals surface area contributed by atoms with E-state index in [4.69, 9.17) is 0 Å². The molecule has 0 rings (SSSR count). The van der Waals surface area contributed by atoms with E-state index in [9.17, 15) is 13.2 Å². The van der Waals surface area contributed by atoms with Gasteiger partial charge in [-0.05, 0) is 6.92 Å². The van der Waals surface area contributed by atoms with Gasteiger partial charge in [0.1, 0.15) is 0 Å². The molecule has 0 aliphatic carbocycles. The molecule has 49 valence electrons. The first-order valence-corrected chi connectivity index (χ1v) is 2.35. The summed E-state index contributed by atoms with van der Waals surface area (Å²) in [5.41, 5.74) is 0. The van der Waals surface area contributed by atoms with Crippen molar-refractivity contribution in [1.29, 1.82) is 0 Å². The summed E-state index contributed by atoms with van der Waals surface area (Å²) in [6.45, 7) is 3.78. The topological polar surface area (TPSA) is 0 Å². The summed E-state index contributed by atoms with van der Waals surface area (Å²) in [6, 6.07) is 0. The van der Waals surface area contributed by atoms with Crippen LogP contribution in [-0.2, 0) is 0 Å². The standard InChI is InChI=1S/C5H8F3/c1-3-5(7,8)4(2)6/h4H,2-3H2,1H3. The lowest BCUT2D eigenvalue weighted by Gasteiger charge is -2.13. The molecule has 0 aliphatic rings. The van der Waals surface area contributed by atoms with Gasteiger partial charge >= 0.3 is 0 Å². The van der Waals surface area contributed by atoms with Crippen LogP contribution in [0.15, 0.2) is 0 Å². The van der Waals surface area contributed by atoms with Gasteiger partial charge in [0.2, 0.25) is 0 Å². The van der Waals surface area contributed by atoms with Crippen molar-refractivity contribution in [2.45, 2.75) is 25.4 Å². The molecule has 1 atom stereocenters. The molecule has 0 saturated carbocycles. The lowest BCUT2D eigenvalue weighted by atomic mass is 10.2. The van der Waals surface area contributed by atoms with Crippen molar-refractivity contribution in [2.24, 2.45) is 0 Å². The van der Waals surface area contributed by atoms with Gasteiger partial charge in [-0.3, -0.25) is 0 Å². The van der Waals surface area contributed by atoms with Gasteiger partial charge in [0.05, 0.1) is 0 Å². The van der Waals surface area contributed by atoms with Crippen LogP contribution >= 0.6 is 0 Å². The van der Waals surface area contributed by atoms with E-state index in [0.717, 1.165) is 0 Å². The van der Waals surface area contributed by atoms with Gasteiger partial charge in [-0.2, -0.15) is 0 Å². The lowest BCUT2D eigenvalue weighted by Crippen LogP contribution is -2.26. The number of rotatable bonds is 2. The first-order valence-electron chi connectivity index (χ1n) is 2.35. The molecule has 8 heavy (non-hydrogen) atoms. The van der Waals surface area contributed by atoms with Gasteiger partial charge in [-0.15, -0.1) is 0 Å². The smallest absolute Gasteiger partial charge is 0.241 e. The summed E-state index contributed by atoms with van der Waals surface area (Å²) in [6.07, 6.45) is -2.76. The number of alkyl halides is 3. The minimum absolute atomic E-state index is 0.488. The zero-order valence-electron chi connectivity index (χ0n) is 4.63. The van der Waals surface area contributed by atoms with Crippen LogP contribution < -0.4 is 0 Å². The Morgan fingerprint density at radius 1 is 1.62 bits per heavy atom. The molecule has 0 heterocycles. The maximum Gasteiger partial charge on any atom is 0.278 e. The van der Waals surface area contributed by atoms with Crippen molar-refractivity contribution in [3.63, 3.8) is 0 Å². The Morgan fingerprint density at radius 3 is 2.00 bits per heavy atom. The van der Waals surface area contributed by atoms with Gasteiger partial charge in [-0.1, -0.05) is 6.92 Å². The van der Waals surface area contributed by atoms with E-state index in [1.807, 2.05) is 0 Å². The highest BCUT2D eigenvalue weighted by Crippen LogP contribution is 2.23. The highest BCUT2D eigenvalue weighted by atomic mass is 19.3. The van der Waals surface area contributed by atoms with E-state index < -0.39 is 18.5 Å². The molecular formula is C5H8F3. The first-order chi connectivity index (χ1) is 3.50. The Labute approximate surface area is 46.7 Å². The minimum Gasteiger partial charge on any atom is -0.241 e. The predicted octanol–water partition coefficient (Wildman–Crippen LogP) is 2.20. The largest absolute Gasteiger partial charge is 0.278 e. The summed E-state index contributed by atoms with van der Waals surface area (Å²) in [7, 11) is 0. The fourth-order valence-electron chi connectivity index (χ4n) is 0.221. The Balaban J connectivity index is 3.71. The maximum absolute atomic E-state index is 11.8. The van der Waals surface area contributed by atoms with Gasteiger partial charge in [-0.25, -0.2) is 13.2 Å². The van der Waals surface area contributed by atoms with Gasteiger partial charge < -0.3 is 0 Å². The zero-order valence-corrected chi connectivity index (χ0v) is 4.63. The maximum atomic E-state index is 11.8. The first kappa shape index (κ1) is 7.79. The van der Waals surface area contributed by atoms with Crippen molar-refractivity contribution in [1.82, 2.24) is 0 Å². The zero-order chi connectivity index (χ0) is 6.78. The number of halogens is 3. The Hall–Kier alpha value is -0.210. The Morgan fingerprint density at radius 2 is 2.00 bits per heavy atom. The normalized spacial score (nSPS) is 16.1. The van der Waals surface area contributed by atoms with Crippen molar-refractivity contribution in [2.75, 3.05) is 0 Å². The molecular weight excluding hydrogens is 117 g/mol. The van der Waals surface area contributed by atoms with Crippen molar-refractivity contribution >= 4 is 0 Å². The molecule has 3 heteroatoms. The van der Waals surface area contributed by atoms with Crippen molar-refractivity contribution in [3.8, 4) is 0 Å². The van der Waals surface area contributed by atoms with Crippen molar-refractivity contribution < 1.29 is 13.2 Å². The molecule has 0 nitrogen and oxygen atoms in total. The average molecular weight is 125 g/mol. The van der Waals surface area contributed by atoms with E-state index in [1.54, 1.807) is 0 Å². The van der Waals surface area contributed by atoms with Crippen LogP contribution in [-0.4, -0.2) is 12.1 Å². The fourth-order valence-corrected chi connectivity index (χ4v) is 0.221. The monoisotopic (exact) mass is 125 g/mol. The van der Waals surface area contributed by atoms with E-state index in [0.29, 0.717) is 0 Å². The van der Waals surface area contributed by atoms with E-state index in [2.05, 4.69) is 6.92 Å². The van der Waals surface area contributed by atoms with Gasteiger partial charge in [0, 0.05) is 6.42 Å². The molecule has 0 N–H and O–H groups in total. The van der Waals surface area contributed by atoms with Crippen LogP contribution in [0.2, 0.25) is 0 Å². The van der Waals surface area contributed by atoms with Crippen LogP contribution in [0.1, 0.15) is 13.3 Å². The fraction of sp³-hybridized carbons (Fsp3) is 0.800. The van der Waals surface area contributed by atoms with Gasteiger partial charge in [0.25, 0.3) is 5.92 Å². The summed E-state index contributed by atoms with van der Waals surface area (Å²) >= 11 is 0. The second-order valence-electron chi connectivity index (χ2n) is 1.58. The molecule has 1 radical (unpaired) electrons. The van der Waals surface area contributed by atoms with Crippen molar-refractivity contribution in [3.05, 3.63) is 6.92 Å². The second kappa shape index (κ2) is 2.37. The molecule has 1 unspecified atom stereocenters. The molecule has 0 spiro atoms. The van der Waals surface area contributed by atoms with Crippen LogP contribution in [0.5, 0.6) is 0 Å². The summed E-state index contributed by atoms with van der Waals surface area (Å²) in [5.74, 6) is -3.24. The third kappa shape index (κ3) is 1.72. The predicted molar refractivity (Wildman–Crippen MR) is 25.5 cm³/mol. The highest BCUT2D eigenvalue weighted by Gasteiger charge is 2.33. The molecule has 0 aliphatic heterocycles. The molecule has 0 aromatic heterocycles. The minimum atomic E-state index is -3.24. The van der Waals surface area contributed by atoms with E-state index in [-0.39, 0.29) is 0 Å². The van der Waals surface area contributed by atoms with Crippen LogP contribution in [0.3, 0.4) is 0 Å². The van der Waals surface area contributed by atoms with E-state index in [1.165, 1.54) is 6.92 Å². The third-order valence-corrected chi connectivity index (χ3v) is 0.930. The molecule has 0 saturated heterocycles. The third-order valence-electron chi connectivity index (χ3n) is 0.930. The Bertz CT molecular complexity index is 68.1. The molecule has 0 amide bonds. The molecule has 0 aromatic carbocycles. The lowest BCUT2D eigenvalue weighted by molar-refractivity contribution is -0.0571. The van der Waals surface area contributed by atoms with E-state index >= 15 is 0 Å². The SMILES string of the molecule is [CH2]C(F)C(F)(F)CC. The Kier molecular flexibility index (Phi) is 2.31. The number of hydrogen-bond acceptors (Lipinski definition) is 0. The highest BCUT2D eigenvalue weighted by molar-refractivity contribution is 4.76. The summed E-state index contributed by atoms with van der Waals surface area (Å²) in [5, 5.41) is 0. The van der Waals surface area contributed by atoms with Crippen LogP contribution in [0.4, 0.5) is 13.2 Å². The van der Waals surface area contributed by atoms with Crippen LogP contribution in [0, 0.1) is 6.92 Å². The molecule has 0 fully saturated rings. The second-order valence-corrected chi connectivity index (χ2v) is 1.58.